The third-order valence-corrected chi connectivity index (χ3v) is 4.76. The van der Waals surface area contributed by atoms with Gasteiger partial charge in [0.2, 0.25) is 0 Å². The van der Waals surface area contributed by atoms with Crippen LogP contribution in [0.25, 0.3) is 0 Å². The Hall–Kier alpha value is -1.79. The fourth-order valence-corrected chi connectivity index (χ4v) is 3.39. The summed E-state index contributed by atoms with van der Waals surface area (Å²) >= 11 is 12.0. The third kappa shape index (κ3) is 3.75. The number of amides is 1. The number of benzene rings is 1. The van der Waals surface area contributed by atoms with Crippen molar-refractivity contribution in [2.45, 2.75) is 31.0 Å². The molecule has 1 aliphatic rings. The molecule has 1 aromatic carbocycles. The van der Waals surface area contributed by atoms with E-state index in [1.54, 1.807) is 6.07 Å². The predicted octanol–water partition coefficient (Wildman–Crippen LogP) is 5.08. The number of alkyl halides is 3. The first-order valence-corrected chi connectivity index (χ1v) is 8.31. The number of carbonyl (C=O) groups excluding carboxylic acids is 1. The quantitative estimate of drug-likeness (QED) is 0.795. The van der Waals surface area contributed by atoms with Gasteiger partial charge in [0.05, 0.1) is 26.9 Å². The minimum Gasteiger partial charge on any atom is -0.349 e. The fraction of sp³-hybridized carbons (Fsp3) is 0.294. The van der Waals surface area contributed by atoms with E-state index in [1.807, 2.05) is 0 Å². The topological polar surface area (TPSA) is 42.0 Å². The number of hydrogen-bond acceptors (Lipinski definition) is 2. The Morgan fingerprint density at radius 2 is 1.92 bits per heavy atom. The maximum absolute atomic E-state index is 13.1. The minimum absolute atomic E-state index is 0.147. The second-order valence-corrected chi connectivity index (χ2v) is 6.67. The summed E-state index contributed by atoms with van der Waals surface area (Å²) in [7, 11) is 0. The molecule has 2 aromatic rings. The number of nitrogens with zero attached hydrogens (tertiary/aromatic N) is 1. The summed E-state index contributed by atoms with van der Waals surface area (Å²) in [5, 5.41) is 3.44. The molecule has 1 saturated carbocycles. The van der Waals surface area contributed by atoms with Crippen molar-refractivity contribution in [3.05, 3.63) is 63.4 Å². The fourth-order valence-electron chi connectivity index (χ4n) is 2.87. The van der Waals surface area contributed by atoms with Gasteiger partial charge in [-0.2, -0.15) is 13.2 Å². The summed E-state index contributed by atoms with van der Waals surface area (Å²) in [6, 6.07) is 5.95. The van der Waals surface area contributed by atoms with Crippen molar-refractivity contribution in [1.82, 2.24) is 10.3 Å². The summed E-state index contributed by atoms with van der Waals surface area (Å²) in [6.07, 6.45) is -1.75. The number of carbonyl (C=O) groups is 1. The van der Waals surface area contributed by atoms with Gasteiger partial charge in [0.1, 0.15) is 0 Å². The van der Waals surface area contributed by atoms with Gasteiger partial charge in [-0.15, -0.1) is 0 Å². The number of hydrogen-bond donors (Lipinski definition) is 1. The van der Waals surface area contributed by atoms with Crippen molar-refractivity contribution < 1.29 is 18.0 Å². The summed E-state index contributed by atoms with van der Waals surface area (Å²) in [5.74, 6) is -0.903. The number of pyridine rings is 1. The van der Waals surface area contributed by atoms with E-state index in [0.717, 1.165) is 12.5 Å². The van der Waals surface area contributed by atoms with E-state index in [9.17, 15) is 18.0 Å². The van der Waals surface area contributed by atoms with Crippen LogP contribution in [0, 0.1) is 0 Å². The van der Waals surface area contributed by atoms with E-state index >= 15 is 0 Å². The molecular formula is C17H13Cl2F3N2O. The van der Waals surface area contributed by atoms with Gasteiger partial charge in [-0.1, -0.05) is 35.3 Å². The molecule has 8 heteroatoms. The largest absolute Gasteiger partial charge is 0.417 e. The van der Waals surface area contributed by atoms with Crippen molar-refractivity contribution in [1.29, 1.82) is 0 Å². The van der Waals surface area contributed by atoms with Crippen molar-refractivity contribution in [3.63, 3.8) is 0 Å². The zero-order valence-corrected chi connectivity index (χ0v) is 14.3. The van der Waals surface area contributed by atoms with Crippen molar-refractivity contribution in [2.24, 2.45) is 0 Å². The molecule has 1 aliphatic carbocycles. The lowest BCUT2D eigenvalue weighted by atomic mass is 9.77. The van der Waals surface area contributed by atoms with Crippen molar-refractivity contribution in [3.8, 4) is 0 Å². The van der Waals surface area contributed by atoms with Gasteiger partial charge in [-0.25, -0.2) is 0 Å². The van der Waals surface area contributed by atoms with Gasteiger partial charge in [0, 0.05) is 18.2 Å². The molecular weight excluding hydrogens is 376 g/mol. The smallest absolute Gasteiger partial charge is 0.349 e. The molecule has 0 aliphatic heterocycles. The predicted molar refractivity (Wildman–Crippen MR) is 88.9 cm³/mol. The Labute approximate surface area is 152 Å². The monoisotopic (exact) mass is 388 g/mol. The molecule has 132 valence electrons. The van der Waals surface area contributed by atoms with E-state index in [1.165, 1.54) is 24.4 Å². The molecule has 0 unspecified atom stereocenters. The Balaban J connectivity index is 1.78. The summed E-state index contributed by atoms with van der Waals surface area (Å²) < 4.78 is 39.2. The summed E-state index contributed by atoms with van der Waals surface area (Å²) in [5.41, 5.74) is -0.756. The van der Waals surface area contributed by atoms with Gasteiger partial charge < -0.3 is 5.32 Å². The highest BCUT2D eigenvalue weighted by Gasteiger charge is 2.38. The molecule has 1 aromatic heterocycles. The maximum atomic E-state index is 13.1. The van der Waals surface area contributed by atoms with Crippen molar-refractivity contribution >= 4 is 29.1 Å². The highest BCUT2D eigenvalue weighted by atomic mass is 35.5. The average molecular weight is 389 g/mol. The SMILES string of the molecule is O=C(N[C@@H]1CC[C@@H]1c1ncc(Cl)cc1Cl)c1ccccc1C(F)(F)F. The first kappa shape index (κ1) is 18.0. The molecule has 25 heavy (non-hydrogen) atoms. The van der Waals surface area contributed by atoms with Crippen LogP contribution in [-0.2, 0) is 6.18 Å². The highest BCUT2D eigenvalue weighted by molar-refractivity contribution is 6.34. The summed E-state index contributed by atoms with van der Waals surface area (Å²) in [6.45, 7) is 0. The van der Waals surface area contributed by atoms with Crippen LogP contribution in [0.3, 0.4) is 0 Å². The number of nitrogens with one attached hydrogen (secondary N) is 1. The van der Waals surface area contributed by atoms with Crippen LogP contribution in [0.2, 0.25) is 10.0 Å². The van der Waals surface area contributed by atoms with Gasteiger partial charge in [-0.05, 0) is 31.0 Å². The molecule has 1 amide bonds. The highest BCUT2D eigenvalue weighted by Crippen LogP contribution is 2.40. The van der Waals surface area contributed by atoms with Gasteiger partial charge >= 0.3 is 6.18 Å². The second-order valence-electron chi connectivity index (χ2n) is 5.83. The van der Waals surface area contributed by atoms with E-state index in [-0.39, 0.29) is 12.0 Å². The standard InChI is InChI=1S/C17H13Cl2F3N2O/c18-9-7-13(19)15(23-8-9)11-5-6-14(11)24-16(25)10-3-1-2-4-12(10)17(20,21)22/h1-4,7-8,11,14H,5-6H2,(H,24,25)/t11-,14+/m0/s1. The first-order chi connectivity index (χ1) is 11.8. The van der Waals surface area contributed by atoms with Crippen LogP contribution in [0.15, 0.2) is 36.5 Å². The molecule has 3 nitrogen and oxygen atoms in total. The Kier molecular flexibility index (Phi) is 4.93. The third-order valence-electron chi connectivity index (χ3n) is 4.26. The molecule has 0 saturated heterocycles. The van der Waals surface area contributed by atoms with Crippen LogP contribution in [0.1, 0.15) is 40.4 Å². The van der Waals surface area contributed by atoms with E-state index in [2.05, 4.69) is 10.3 Å². The average Bonchev–Trinajstić information content (AvgIpc) is 2.53. The number of halogens is 5. The zero-order chi connectivity index (χ0) is 18.2. The Morgan fingerprint density at radius 1 is 1.20 bits per heavy atom. The zero-order valence-electron chi connectivity index (χ0n) is 12.8. The molecule has 0 radical (unpaired) electrons. The second kappa shape index (κ2) is 6.84. The van der Waals surface area contributed by atoms with Gasteiger partial charge in [-0.3, -0.25) is 9.78 Å². The number of aromatic nitrogens is 1. The van der Waals surface area contributed by atoms with Crippen LogP contribution >= 0.6 is 23.2 Å². The molecule has 0 spiro atoms. The lowest BCUT2D eigenvalue weighted by Crippen LogP contribution is -2.46. The first-order valence-electron chi connectivity index (χ1n) is 7.55. The summed E-state index contributed by atoms with van der Waals surface area (Å²) in [4.78, 5) is 16.5. The molecule has 3 rings (SSSR count). The van der Waals surface area contributed by atoms with E-state index < -0.39 is 23.2 Å². The van der Waals surface area contributed by atoms with Crippen LogP contribution < -0.4 is 5.32 Å². The van der Waals surface area contributed by atoms with E-state index in [4.69, 9.17) is 23.2 Å². The lowest BCUT2D eigenvalue weighted by Gasteiger charge is -2.37. The van der Waals surface area contributed by atoms with E-state index in [0.29, 0.717) is 22.2 Å². The maximum Gasteiger partial charge on any atom is 0.417 e. The molecule has 1 N–H and O–H groups in total. The van der Waals surface area contributed by atoms with Gasteiger partial charge in [0.15, 0.2) is 0 Å². The number of rotatable bonds is 3. The van der Waals surface area contributed by atoms with Crippen LogP contribution in [0.4, 0.5) is 13.2 Å². The van der Waals surface area contributed by atoms with Crippen LogP contribution in [-0.4, -0.2) is 16.9 Å². The van der Waals surface area contributed by atoms with Gasteiger partial charge in [0.25, 0.3) is 5.91 Å². The van der Waals surface area contributed by atoms with Crippen LogP contribution in [0.5, 0.6) is 0 Å². The molecule has 2 atom stereocenters. The lowest BCUT2D eigenvalue weighted by molar-refractivity contribution is -0.137. The molecule has 1 heterocycles. The molecule has 1 fully saturated rings. The molecule has 0 bridgehead atoms. The minimum atomic E-state index is -4.59. The normalized spacial score (nSPS) is 20.0. The Morgan fingerprint density at radius 3 is 2.52 bits per heavy atom. The van der Waals surface area contributed by atoms with Crippen molar-refractivity contribution in [2.75, 3.05) is 0 Å². The Bertz CT molecular complexity index is 811.